The lowest BCUT2D eigenvalue weighted by Crippen LogP contribution is -2.41. The van der Waals surface area contributed by atoms with Crippen molar-refractivity contribution in [2.24, 2.45) is 7.05 Å². The first-order valence-electron chi connectivity index (χ1n) is 6.11. The highest BCUT2D eigenvalue weighted by Crippen LogP contribution is 2.19. The van der Waals surface area contributed by atoms with Gasteiger partial charge in [0.2, 0.25) is 0 Å². The summed E-state index contributed by atoms with van der Waals surface area (Å²) in [6.07, 6.45) is 1.98. The van der Waals surface area contributed by atoms with Gasteiger partial charge in [0.05, 0.1) is 10.7 Å². The van der Waals surface area contributed by atoms with Gasteiger partial charge in [-0.05, 0) is 13.3 Å². The molecule has 2 N–H and O–H groups in total. The van der Waals surface area contributed by atoms with Gasteiger partial charge in [-0.3, -0.25) is 9.48 Å². The Morgan fingerprint density at radius 2 is 2.16 bits per heavy atom. The molecule has 0 aliphatic rings. The molecular weight excluding hydrogens is 270 g/mol. The van der Waals surface area contributed by atoms with Gasteiger partial charge in [0.15, 0.2) is 5.69 Å². The fraction of sp³-hybridized carbons (Fsp3) is 0.583. The van der Waals surface area contributed by atoms with Gasteiger partial charge in [-0.1, -0.05) is 31.4 Å². The standard InChI is InChI=1S/C12H18ClN3O3/c1-4-5-6-8(12(18)19)14-11(17)10-9(13)7(2)16(3)15-10/h8H,4-6H2,1-3H3,(H,14,17)(H,18,19). The second-order valence-corrected chi connectivity index (χ2v) is 4.76. The third-order valence-electron chi connectivity index (χ3n) is 2.93. The Labute approximate surface area is 116 Å². The minimum absolute atomic E-state index is 0.0596. The van der Waals surface area contributed by atoms with Crippen molar-refractivity contribution in [2.75, 3.05) is 0 Å². The largest absolute Gasteiger partial charge is 0.480 e. The molecule has 1 amide bonds. The molecule has 1 rings (SSSR count). The van der Waals surface area contributed by atoms with Crippen LogP contribution in [0.3, 0.4) is 0 Å². The molecular formula is C12H18ClN3O3. The van der Waals surface area contributed by atoms with Gasteiger partial charge in [0, 0.05) is 7.05 Å². The molecule has 0 fully saturated rings. The third kappa shape index (κ3) is 3.70. The Hall–Kier alpha value is -1.56. The minimum Gasteiger partial charge on any atom is -0.480 e. The fourth-order valence-corrected chi connectivity index (χ4v) is 1.87. The summed E-state index contributed by atoms with van der Waals surface area (Å²) in [5.74, 6) is -1.61. The molecule has 19 heavy (non-hydrogen) atoms. The molecule has 1 atom stereocenters. The highest BCUT2D eigenvalue weighted by Gasteiger charge is 2.24. The number of amides is 1. The van der Waals surface area contributed by atoms with Gasteiger partial charge in [-0.2, -0.15) is 5.10 Å². The maximum absolute atomic E-state index is 12.0. The summed E-state index contributed by atoms with van der Waals surface area (Å²) in [5, 5.41) is 15.7. The van der Waals surface area contributed by atoms with E-state index in [1.807, 2.05) is 6.92 Å². The number of unbranched alkanes of at least 4 members (excludes halogenated alkanes) is 1. The van der Waals surface area contributed by atoms with Gasteiger partial charge >= 0.3 is 5.97 Å². The zero-order valence-electron chi connectivity index (χ0n) is 11.2. The van der Waals surface area contributed by atoms with Crippen molar-refractivity contribution in [3.8, 4) is 0 Å². The highest BCUT2D eigenvalue weighted by atomic mass is 35.5. The first kappa shape index (κ1) is 15.5. The number of carboxylic acids is 1. The fourth-order valence-electron chi connectivity index (χ4n) is 1.62. The van der Waals surface area contributed by atoms with Crippen LogP contribution in [0.1, 0.15) is 42.4 Å². The van der Waals surface area contributed by atoms with Crippen LogP contribution in [0.2, 0.25) is 5.02 Å². The number of aryl methyl sites for hydroxylation is 1. The Bertz CT molecular complexity index is 485. The second-order valence-electron chi connectivity index (χ2n) is 4.38. The first-order chi connectivity index (χ1) is 8.88. The van der Waals surface area contributed by atoms with Gasteiger partial charge < -0.3 is 10.4 Å². The van der Waals surface area contributed by atoms with E-state index in [-0.39, 0.29) is 10.7 Å². The minimum atomic E-state index is -1.05. The maximum atomic E-state index is 12.0. The molecule has 0 saturated carbocycles. The van der Waals surface area contributed by atoms with E-state index in [4.69, 9.17) is 16.7 Å². The van der Waals surface area contributed by atoms with Crippen LogP contribution >= 0.6 is 11.6 Å². The number of halogens is 1. The van der Waals surface area contributed by atoms with E-state index in [1.54, 1.807) is 14.0 Å². The summed E-state index contributed by atoms with van der Waals surface area (Å²) < 4.78 is 1.49. The summed E-state index contributed by atoms with van der Waals surface area (Å²) in [6, 6.07) is -0.911. The average Bonchev–Trinajstić information content (AvgIpc) is 2.61. The predicted octanol–water partition coefficient (Wildman–Crippen LogP) is 1.76. The molecule has 1 aromatic heterocycles. The van der Waals surface area contributed by atoms with E-state index in [0.717, 1.165) is 12.8 Å². The molecule has 1 unspecified atom stereocenters. The zero-order valence-corrected chi connectivity index (χ0v) is 12.0. The number of nitrogens with one attached hydrogen (secondary N) is 1. The van der Waals surface area contributed by atoms with Crippen LogP contribution in [0.4, 0.5) is 0 Å². The van der Waals surface area contributed by atoms with Crippen molar-refractivity contribution in [1.82, 2.24) is 15.1 Å². The summed E-state index contributed by atoms with van der Waals surface area (Å²) in [5.41, 5.74) is 0.719. The average molecular weight is 288 g/mol. The van der Waals surface area contributed by atoms with Crippen LogP contribution in [0.5, 0.6) is 0 Å². The van der Waals surface area contributed by atoms with Crippen molar-refractivity contribution < 1.29 is 14.7 Å². The lowest BCUT2D eigenvalue weighted by molar-refractivity contribution is -0.139. The molecule has 0 aliphatic heterocycles. The molecule has 1 aromatic rings. The Kier molecular flexibility index (Phi) is 5.35. The number of carbonyl (C=O) groups is 2. The van der Waals surface area contributed by atoms with Crippen molar-refractivity contribution in [3.05, 3.63) is 16.4 Å². The zero-order chi connectivity index (χ0) is 14.6. The molecule has 0 radical (unpaired) electrons. The summed E-state index contributed by atoms with van der Waals surface area (Å²) >= 11 is 5.98. The van der Waals surface area contributed by atoms with Crippen LogP contribution in [0, 0.1) is 6.92 Å². The quantitative estimate of drug-likeness (QED) is 0.835. The van der Waals surface area contributed by atoms with Crippen LogP contribution in [-0.2, 0) is 11.8 Å². The monoisotopic (exact) mass is 287 g/mol. The number of aromatic nitrogens is 2. The lowest BCUT2D eigenvalue weighted by Gasteiger charge is -2.13. The molecule has 0 aliphatic carbocycles. The number of nitrogens with zero attached hydrogens (tertiary/aromatic N) is 2. The Balaban J connectivity index is 2.81. The van der Waals surface area contributed by atoms with Crippen molar-refractivity contribution in [1.29, 1.82) is 0 Å². The predicted molar refractivity (Wildman–Crippen MR) is 71.4 cm³/mol. The van der Waals surface area contributed by atoms with Crippen LogP contribution in [0.15, 0.2) is 0 Å². The topological polar surface area (TPSA) is 84.2 Å². The van der Waals surface area contributed by atoms with Gasteiger partial charge in [0.25, 0.3) is 5.91 Å². The Morgan fingerprint density at radius 1 is 1.53 bits per heavy atom. The van der Waals surface area contributed by atoms with E-state index in [1.165, 1.54) is 4.68 Å². The molecule has 0 aromatic carbocycles. The number of aliphatic carboxylic acids is 1. The first-order valence-corrected chi connectivity index (χ1v) is 6.49. The number of rotatable bonds is 6. The summed E-state index contributed by atoms with van der Waals surface area (Å²) in [7, 11) is 1.67. The molecule has 0 bridgehead atoms. The molecule has 106 valence electrons. The number of hydrogen-bond donors (Lipinski definition) is 2. The van der Waals surface area contributed by atoms with Gasteiger partial charge in [-0.25, -0.2) is 4.79 Å². The smallest absolute Gasteiger partial charge is 0.326 e. The normalized spacial score (nSPS) is 12.2. The second kappa shape index (κ2) is 6.56. The van der Waals surface area contributed by atoms with E-state index in [0.29, 0.717) is 12.1 Å². The SMILES string of the molecule is CCCCC(NC(=O)c1nn(C)c(C)c1Cl)C(=O)O. The summed E-state index contributed by atoms with van der Waals surface area (Å²) in [4.78, 5) is 23.0. The van der Waals surface area contributed by atoms with Gasteiger partial charge in [-0.15, -0.1) is 0 Å². The lowest BCUT2D eigenvalue weighted by atomic mass is 10.1. The molecule has 0 spiro atoms. The summed E-state index contributed by atoms with van der Waals surface area (Å²) in [6.45, 7) is 3.69. The van der Waals surface area contributed by atoms with E-state index >= 15 is 0 Å². The van der Waals surface area contributed by atoms with Crippen LogP contribution in [-0.4, -0.2) is 32.8 Å². The number of carbonyl (C=O) groups excluding carboxylic acids is 1. The molecule has 6 nitrogen and oxygen atoms in total. The molecule has 1 heterocycles. The number of carboxylic acid groups (broad SMARTS) is 1. The van der Waals surface area contributed by atoms with Crippen LogP contribution < -0.4 is 5.32 Å². The molecule has 0 saturated heterocycles. The van der Waals surface area contributed by atoms with Crippen molar-refractivity contribution >= 4 is 23.5 Å². The third-order valence-corrected chi connectivity index (χ3v) is 3.38. The number of hydrogen-bond acceptors (Lipinski definition) is 3. The van der Waals surface area contributed by atoms with E-state index in [9.17, 15) is 9.59 Å². The van der Waals surface area contributed by atoms with Crippen molar-refractivity contribution in [2.45, 2.75) is 39.2 Å². The molecule has 7 heteroatoms. The van der Waals surface area contributed by atoms with E-state index in [2.05, 4.69) is 10.4 Å². The maximum Gasteiger partial charge on any atom is 0.326 e. The Morgan fingerprint density at radius 3 is 2.58 bits per heavy atom. The van der Waals surface area contributed by atoms with Crippen LogP contribution in [0.25, 0.3) is 0 Å². The van der Waals surface area contributed by atoms with E-state index < -0.39 is 17.9 Å². The van der Waals surface area contributed by atoms with Crippen molar-refractivity contribution in [3.63, 3.8) is 0 Å². The van der Waals surface area contributed by atoms with Gasteiger partial charge in [0.1, 0.15) is 6.04 Å². The highest BCUT2D eigenvalue weighted by molar-refractivity contribution is 6.34.